The first-order valence-electron chi connectivity index (χ1n) is 6.94. The highest BCUT2D eigenvalue weighted by molar-refractivity contribution is 5.54. The van der Waals surface area contributed by atoms with Gasteiger partial charge in [-0.25, -0.2) is 4.98 Å². The van der Waals surface area contributed by atoms with Gasteiger partial charge in [0.1, 0.15) is 12.1 Å². The van der Waals surface area contributed by atoms with Crippen LogP contribution in [0.1, 0.15) is 11.1 Å². The number of aromatic nitrogens is 3. The Morgan fingerprint density at radius 1 is 1.00 bits per heavy atom. The number of anilines is 2. The first kappa shape index (κ1) is 14.5. The number of nitrogens with one attached hydrogen (secondary N) is 1. The molecule has 112 valence electrons. The molecule has 0 aliphatic rings. The number of hydrogen-bond acceptors (Lipinski definition) is 6. The average Bonchev–Trinajstić information content (AvgIpc) is 2.58. The second-order valence-electron chi connectivity index (χ2n) is 4.82. The quantitative estimate of drug-likeness (QED) is 0.793. The zero-order chi connectivity index (χ0) is 16.1. The van der Waals surface area contributed by atoms with Crippen LogP contribution in [0.3, 0.4) is 0 Å². The second-order valence-corrected chi connectivity index (χ2v) is 4.82. The molecule has 0 aliphatic heterocycles. The maximum Gasteiger partial charge on any atom is 0.326 e. The molecule has 1 aromatic heterocycles. The van der Waals surface area contributed by atoms with E-state index in [0.717, 1.165) is 11.3 Å². The lowest BCUT2D eigenvalue weighted by Gasteiger charge is -2.07. The van der Waals surface area contributed by atoms with Crippen molar-refractivity contribution in [1.29, 1.82) is 5.26 Å². The van der Waals surface area contributed by atoms with E-state index in [1.807, 2.05) is 31.2 Å². The molecule has 0 saturated heterocycles. The Labute approximate surface area is 133 Å². The van der Waals surface area contributed by atoms with E-state index in [0.29, 0.717) is 17.3 Å². The van der Waals surface area contributed by atoms with Gasteiger partial charge in [-0.1, -0.05) is 17.7 Å². The van der Waals surface area contributed by atoms with Gasteiger partial charge in [0.05, 0.1) is 11.6 Å². The minimum Gasteiger partial charge on any atom is -0.424 e. The highest BCUT2D eigenvalue weighted by atomic mass is 16.5. The van der Waals surface area contributed by atoms with E-state index in [9.17, 15) is 0 Å². The summed E-state index contributed by atoms with van der Waals surface area (Å²) in [6.45, 7) is 2.01. The van der Waals surface area contributed by atoms with Crippen LogP contribution in [-0.2, 0) is 0 Å². The van der Waals surface area contributed by atoms with Gasteiger partial charge < -0.3 is 10.1 Å². The Bertz CT molecular complexity index is 838. The molecule has 0 atom stereocenters. The van der Waals surface area contributed by atoms with Gasteiger partial charge in [0, 0.05) is 5.69 Å². The number of aryl methyl sites for hydroxylation is 1. The van der Waals surface area contributed by atoms with E-state index in [-0.39, 0.29) is 6.01 Å². The summed E-state index contributed by atoms with van der Waals surface area (Å²) in [6, 6.07) is 16.9. The monoisotopic (exact) mass is 303 g/mol. The first-order valence-corrected chi connectivity index (χ1v) is 6.94. The summed E-state index contributed by atoms with van der Waals surface area (Å²) in [4.78, 5) is 12.3. The predicted molar refractivity (Wildman–Crippen MR) is 85.5 cm³/mol. The summed E-state index contributed by atoms with van der Waals surface area (Å²) in [5, 5.41) is 11.8. The molecule has 3 aromatic rings. The molecule has 0 radical (unpaired) electrons. The van der Waals surface area contributed by atoms with Crippen molar-refractivity contribution in [3.63, 3.8) is 0 Å². The number of nitrogens with zero attached hydrogens (tertiary/aromatic N) is 4. The molecule has 0 amide bonds. The van der Waals surface area contributed by atoms with Crippen LogP contribution >= 0.6 is 0 Å². The fourth-order valence-electron chi connectivity index (χ4n) is 1.86. The molecule has 0 aliphatic carbocycles. The topological polar surface area (TPSA) is 83.7 Å². The molecule has 0 unspecified atom stereocenters. The van der Waals surface area contributed by atoms with Gasteiger partial charge in [-0.3, -0.25) is 0 Å². The van der Waals surface area contributed by atoms with Crippen LogP contribution in [0.5, 0.6) is 11.8 Å². The Balaban J connectivity index is 1.74. The van der Waals surface area contributed by atoms with Crippen molar-refractivity contribution in [2.45, 2.75) is 6.92 Å². The van der Waals surface area contributed by atoms with Gasteiger partial charge in [0.2, 0.25) is 5.95 Å². The second kappa shape index (κ2) is 6.54. The maximum atomic E-state index is 8.79. The lowest BCUT2D eigenvalue weighted by molar-refractivity contribution is 0.440. The van der Waals surface area contributed by atoms with E-state index in [1.165, 1.54) is 6.33 Å². The summed E-state index contributed by atoms with van der Waals surface area (Å²) in [5.74, 6) is 1.03. The molecule has 6 heteroatoms. The van der Waals surface area contributed by atoms with Gasteiger partial charge in [0.25, 0.3) is 0 Å². The fourth-order valence-corrected chi connectivity index (χ4v) is 1.86. The third-order valence-corrected chi connectivity index (χ3v) is 3.05. The van der Waals surface area contributed by atoms with Gasteiger partial charge >= 0.3 is 6.01 Å². The molecule has 0 fully saturated rings. The molecule has 1 heterocycles. The number of ether oxygens (including phenoxy) is 1. The van der Waals surface area contributed by atoms with Crippen LogP contribution in [0, 0.1) is 18.3 Å². The van der Waals surface area contributed by atoms with Crippen LogP contribution in [-0.4, -0.2) is 15.0 Å². The Hall–Kier alpha value is -3.46. The van der Waals surface area contributed by atoms with Gasteiger partial charge in [0.15, 0.2) is 0 Å². The number of benzene rings is 2. The number of nitriles is 1. The number of hydrogen-bond donors (Lipinski definition) is 1. The van der Waals surface area contributed by atoms with Crippen molar-refractivity contribution in [1.82, 2.24) is 15.0 Å². The molecule has 1 N–H and O–H groups in total. The SMILES string of the molecule is Cc1ccc(Oc2ncnc(Nc3ccc(C#N)cc3)n2)cc1. The van der Waals surface area contributed by atoms with Crippen LogP contribution in [0.25, 0.3) is 0 Å². The van der Waals surface area contributed by atoms with E-state index < -0.39 is 0 Å². The summed E-state index contributed by atoms with van der Waals surface area (Å²) in [6.07, 6.45) is 1.38. The van der Waals surface area contributed by atoms with Crippen molar-refractivity contribution < 1.29 is 4.74 Å². The van der Waals surface area contributed by atoms with Gasteiger partial charge in [-0.2, -0.15) is 15.2 Å². The molecule has 0 saturated carbocycles. The molecule has 23 heavy (non-hydrogen) atoms. The van der Waals surface area contributed by atoms with Crippen LogP contribution in [0.2, 0.25) is 0 Å². The van der Waals surface area contributed by atoms with E-state index >= 15 is 0 Å². The largest absolute Gasteiger partial charge is 0.424 e. The van der Waals surface area contributed by atoms with E-state index in [1.54, 1.807) is 24.3 Å². The minimum absolute atomic E-state index is 0.208. The summed E-state index contributed by atoms with van der Waals surface area (Å²) >= 11 is 0. The van der Waals surface area contributed by atoms with E-state index in [2.05, 4.69) is 26.3 Å². The minimum atomic E-state index is 0.208. The standard InChI is InChI=1S/C17H13N5O/c1-12-2-8-15(9-3-12)23-17-20-11-19-16(22-17)21-14-6-4-13(10-18)5-7-14/h2-9,11H,1H3,(H,19,20,21,22). The zero-order valence-corrected chi connectivity index (χ0v) is 12.4. The fraction of sp³-hybridized carbons (Fsp3) is 0.0588. The van der Waals surface area contributed by atoms with Crippen molar-refractivity contribution in [3.05, 3.63) is 66.0 Å². The molecule has 0 bridgehead atoms. The third-order valence-electron chi connectivity index (χ3n) is 3.05. The smallest absolute Gasteiger partial charge is 0.326 e. The lowest BCUT2D eigenvalue weighted by Crippen LogP contribution is -2.00. The van der Waals surface area contributed by atoms with Gasteiger partial charge in [-0.15, -0.1) is 0 Å². The maximum absolute atomic E-state index is 8.79. The normalized spacial score (nSPS) is 9.91. The molecule has 2 aromatic carbocycles. The Morgan fingerprint density at radius 2 is 1.74 bits per heavy atom. The lowest BCUT2D eigenvalue weighted by atomic mass is 10.2. The third kappa shape index (κ3) is 3.80. The first-order chi connectivity index (χ1) is 11.2. The molecule has 3 rings (SSSR count). The Kier molecular flexibility index (Phi) is 4.11. The van der Waals surface area contributed by atoms with Crippen LogP contribution in [0.4, 0.5) is 11.6 Å². The van der Waals surface area contributed by atoms with Crippen molar-refractivity contribution in [3.8, 4) is 17.8 Å². The van der Waals surface area contributed by atoms with Crippen LogP contribution in [0.15, 0.2) is 54.9 Å². The molecular formula is C17H13N5O. The predicted octanol–water partition coefficient (Wildman–Crippen LogP) is 3.59. The van der Waals surface area contributed by atoms with Crippen molar-refractivity contribution in [2.75, 3.05) is 5.32 Å². The van der Waals surface area contributed by atoms with Crippen molar-refractivity contribution in [2.24, 2.45) is 0 Å². The zero-order valence-electron chi connectivity index (χ0n) is 12.4. The molecular weight excluding hydrogens is 290 g/mol. The summed E-state index contributed by atoms with van der Waals surface area (Å²) in [5.41, 5.74) is 2.52. The van der Waals surface area contributed by atoms with E-state index in [4.69, 9.17) is 10.00 Å². The highest BCUT2D eigenvalue weighted by Gasteiger charge is 2.04. The molecule has 0 spiro atoms. The Morgan fingerprint density at radius 3 is 2.43 bits per heavy atom. The van der Waals surface area contributed by atoms with Crippen molar-refractivity contribution >= 4 is 11.6 Å². The summed E-state index contributed by atoms with van der Waals surface area (Å²) in [7, 11) is 0. The molecule has 6 nitrogen and oxygen atoms in total. The highest BCUT2D eigenvalue weighted by Crippen LogP contribution is 2.19. The van der Waals surface area contributed by atoms with Crippen LogP contribution < -0.4 is 10.1 Å². The summed E-state index contributed by atoms with van der Waals surface area (Å²) < 4.78 is 5.60. The number of rotatable bonds is 4. The van der Waals surface area contributed by atoms with Gasteiger partial charge in [-0.05, 0) is 43.3 Å². The average molecular weight is 303 g/mol.